The Bertz CT molecular complexity index is 1780. The smallest absolute Gasteiger partial charge is 0.264 e. The number of para-hydroxylation sites is 1. The summed E-state index contributed by atoms with van der Waals surface area (Å²) in [6, 6.07) is 19.8. The van der Waals surface area contributed by atoms with Crippen LogP contribution in [0.4, 0.5) is 11.6 Å². The molecule has 0 fully saturated rings. The number of rotatable bonds is 6. The van der Waals surface area contributed by atoms with Crippen LogP contribution >= 0.6 is 23.2 Å². The van der Waals surface area contributed by atoms with E-state index < -0.39 is 10.0 Å². The molecule has 0 radical (unpaired) electrons. The van der Waals surface area contributed by atoms with Crippen LogP contribution in [0.1, 0.15) is 15.9 Å². The number of carbonyl (C=O) groups is 1. The number of pyridine rings is 1. The average Bonchev–Trinajstić information content (AvgIpc) is 2.89. The van der Waals surface area contributed by atoms with E-state index in [1.807, 2.05) is 31.2 Å². The van der Waals surface area contributed by atoms with Crippen LogP contribution in [0.3, 0.4) is 0 Å². The first kappa shape index (κ1) is 25.6. The molecule has 0 spiro atoms. The molecular weight excluding hydrogens is 545 g/mol. The lowest BCUT2D eigenvalue weighted by Crippen LogP contribution is -2.16. The summed E-state index contributed by atoms with van der Waals surface area (Å²) in [5, 5.41) is 4.44. The molecular formula is C27H19Cl2N5O3S. The summed E-state index contributed by atoms with van der Waals surface area (Å²) < 4.78 is 27.6. The number of aromatic nitrogens is 3. The van der Waals surface area contributed by atoms with Crippen LogP contribution in [-0.4, -0.2) is 29.3 Å². The first-order valence-corrected chi connectivity index (χ1v) is 13.5. The molecule has 38 heavy (non-hydrogen) atoms. The van der Waals surface area contributed by atoms with Crippen molar-refractivity contribution in [3.05, 3.63) is 106 Å². The number of carbonyl (C=O) groups excluding carboxylic acids is 1. The Morgan fingerprint density at radius 3 is 2.32 bits per heavy atom. The summed E-state index contributed by atoms with van der Waals surface area (Å²) in [7, 11) is -3.91. The van der Waals surface area contributed by atoms with E-state index in [0.29, 0.717) is 49.0 Å². The predicted molar refractivity (Wildman–Crippen MR) is 149 cm³/mol. The normalized spacial score (nSPS) is 11.3. The summed E-state index contributed by atoms with van der Waals surface area (Å²) in [4.78, 5) is 26.1. The van der Waals surface area contributed by atoms with E-state index in [1.54, 1.807) is 24.3 Å². The van der Waals surface area contributed by atoms with Crippen molar-refractivity contribution in [1.29, 1.82) is 0 Å². The third kappa shape index (κ3) is 5.17. The molecule has 2 aromatic heterocycles. The number of nitrogens with one attached hydrogen (secondary N) is 2. The summed E-state index contributed by atoms with van der Waals surface area (Å²) in [5.74, 6) is -0.416. The molecule has 0 aliphatic rings. The van der Waals surface area contributed by atoms with Crippen LogP contribution in [0.25, 0.3) is 22.2 Å². The molecule has 0 aliphatic carbocycles. The van der Waals surface area contributed by atoms with Gasteiger partial charge in [-0.15, -0.1) is 0 Å². The Morgan fingerprint density at radius 2 is 1.61 bits per heavy atom. The second-order valence-corrected chi connectivity index (χ2v) is 10.8. The van der Waals surface area contributed by atoms with E-state index in [4.69, 9.17) is 28.2 Å². The number of fused-ring (bicyclic) bond motifs is 1. The van der Waals surface area contributed by atoms with Crippen LogP contribution in [0, 0.1) is 6.92 Å². The lowest BCUT2D eigenvalue weighted by molar-refractivity contribution is 0.102. The minimum atomic E-state index is -3.91. The zero-order chi connectivity index (χ0) is 26.9. The molecule has 2 N–H and O–H groups in total. The third-order valence-electron chi connectivity index (χ3n) is 5.76. The first-order valence-electron chi connectivity index (χ1n) is 11.3. The van der Waals surface area contributed by atoms with Gasteiger partial charge in [-0.05, 0) is 67.1 Å². The van der Waals surface area contributed by atoms with Gasteiger partial charge in [0.15, 0.2) is 0 Å². The fraction of sp³-hybridized carbons (Fsp3) is 0.0370. The molecule has 0 aliphatic heterocycles. The number of halogens is 2. The zero-order valence-corrected chi connectivity index (χ0v) is 22.1. The number of anilines is 2. The van der Waals surface area contributed by atoms with Crippen LogP contribution in [-0.2, 0) is 10.0 Å². The number of nitrogens with zero attached hydrogens (tertiary/aromatic N) is 3. The minimum absolute atomic E-state index is 0.00633. The predicted octanol–water partition coefficient (Wildman–Crippen LogP) is 6.36. The van der Waals surface area contributed by atoms with Gasteiger partial charge in [0.1, 0.15) is 0 Å². The lowest BCUT2D eigenvalue weighted by atomic mass is 9.97. The highest BCUT2D eigenvalue weighted by atomic mass is 35.5. The Kier molecular flexibility index (Phi) is 6.98. The van der Waals surface area contributed by atoms with Crippen LogP contribution in [0.5, 0.6) is 0 Å². The molecule has 190 valence electrons. The number of amides is 1. The second kappa shape index (κ2) is 10.4. The summed E-state index contributed by atoms with van der Waals surface area (Å²) in [6.45, 7) is 1.81. The van der Waals surface area contributed by atoms with Gasteiger partial charge in [-0.1, -0.05) is 41.4 Å². The fourth-order valence-electron chi connectivity index (χ4n) is 3.99. The van der Waals surface area contributed by atoms with Crippen molar-refractivity contribution >= 4 is 61.7 Å². The van der Waals surface area contributed by atoms with Crippen molar-refractivity contribution in [2.45, 2.75) is 11.8 Å². The molecule has 2 heterocycles. The van der Waals surface area contributed by atoms with Crippen molar-refractivity contribution in [3.8, 4) is 11.3 Å². The van der Waals surface area contributed by atoms with Crippen LogP contribution in [0.2, 0.25) is 10.0 Å². The van der Waals surface area contributed by atoms with Gasteiger partial charge >= 0.3 is 0 Å². The van der Waals surface area contributed by atoms with Crippen molar-refractivity contribution in [1.82, 2.24) is 15.0 Å². The molecule has 8 nitrogen and oxygen atoms in total. The molecule has 1 amide bonds. The maximum Gasteiger partial charge on any atom is 0.264 e. The quantitative estimate of drug-likeness (QED) is 0.248. The van der Waals surface area contributed by atoms with Crippen molar-refractivity contribution < 1.29 is 13.2 Å². The van der Waals surface area contributed by atoms with E-state index >= 15 is 0 Å². The van der Waals surface area contributed by atoms with Crippen molar-refractivity contribution in [3.63, 3.8) is 0 Å². The van der Waals surface area contributed by atoms with E-state index in [2.05, 4.69) is 20.0 Å². The first-order chi connectivity index (χ1) is 18.2. The zero-order valence-electron chi connectivity index (χ0n) is 19.8. The molecule has 5 rings (SSSR count). The molecule has 0 unspecified atom stereocenters. The topological polar surface area (TPSA) is 114 Å². The third-order valence-corrected chi connectivity index (χ3v) is 7.65. The van der Waals surface area contributed by atoms with Crippen molar-refractivity contribution in [2.75, 3.05) is 10.0 Å². The molecule has 11 heteroatoms. The van der Waals surface area contributed by atoms with Crippen molar-refractivity contribution in [2.24, 2.45) is 0 Å². The van der Waals surface area contributed by atoms with Crippen LogP contribution < -0.4 is 10.0 Å². The average molecular weight is 564 g/mol. The van der Waals surface area contributed by atoms with Gasteiger partial charge in [0.05, 0.1) is 26.7 Å². The van der Waals surface area contributed by atoms with E-state index in [9.17, 15) is 13.2 Å². The Hall–Kier alpha value is -4.05. The van der Waals surface area contributed by atoms with Gasteiger partial charge in [0.25, 0.3) is 15.9 Å². The van der Waals surface area contributed by atoms with E-state index in [0.717, 1.165) is 0 Å². The molecule has 3 aromatic carbocycles. The number of hydrogen-bond acceptors (Lipinski definition) is 6. The van der Waals surface area contributed by atoms with Gasteiger partial charge in [0.2, 0.25) is 5.95 Å². The highest BCUT2D eigenvalue weighted by molar-refractivity contribution is 7.92. The Morgan fingerprint density at radius 1 is 0.895 bits per heavy atom. The monoisotopic (exact) mass is 563 g/mol. The van der Waals surface area contributed by atoms with Gasteiger partial charge in [-0.2, -0.15) is 0 Å². The highest BCUT2D eigenvalue weighted by Gasteiger charge is 2.21. The Labute approximate surface area is 228 Å². The number of benzene rings is 3. The standard InChI is InChI=1S/C27H19Cl2N5O3S/c1-16-24(21-5-2-3-6-23(21)33-25(16)20-12-7-17(28)15-22(20)29)26(35)32-18-8-10-19(11-9-18)38(36,37)34-27-30-13-4-14-31-27/h2-15H,1H3,(H,32,35)(H,30,31,34). The van der Waals surface area contributed by atoms with Gasteiger partial charge in [0, 0.05) is 34.1 Å². The lowest BCUT2D eigenvalue weighted by Gasteiger charge is -2.16. The molecule has 0 bridgehead atoms. The van der Waals surface area contributed by atoms with E-state index in [1.165, 1.54) is 36.7 Å². The minimum Gasteiger partial charge on any atom is -0.322 e. The summed E-state index contributed by atoms with van der Waals surface area (Å²) in [6.07, 6.45) is 2.86. The maximum atomic E-state index is 13.6. The SMILES string of the molecule is Cc1c(-c2ccc(Cl)cc2Cl)nc2ccccc2c1C(=O)Nc1ccc(S(=O)(=O)Nc2ncccn2)cc1. The highest BCUT2D eigenvalue weighted by Crippen LogP contribution is 2.35. The number of hydrogen-bond donors (Lipinski definition) is 2. The molecule has 5 aromatic rings. The van der Waals surface area contributed by atoms with Crippen LogP contribution in [0.15, 0.2) is 90.1 Å². The Balaban J connectivity index is 1.47. The molecule has 0 saturated heterocycles. The van der Waals surface area contributed by atoms with Gasteiger partial charge in [-0.25, -0.2) is 28.1 Å². The maximum absolute atomic E-state index is 13.6. The largest absolute Gasteiger partial charge is 0.322 e. The second-order valence-electron chi connectivity index (χ2n) is 8.26. The molecule has 0 atom stereocenters. The van der Waals surface area contributed by atoms with Gasteiger partial charge in [-0.3, -0.25) is 4.79 Å². The fourth-order valence-corrected chi connectivity index (χ4v) is 5.44. The van der Waals surface area contributed by atoms with Gasteiger partial charge < -0.3 is 5.32 Å². The van der Waals surface area contributed by atoms with E-state index in [-0.39, 0.29) is 16.8 Å². The molecule has 0 saturated carbocycles. The summed E-state index contributed by atoms with van der Waals surface area (Å²) >= 11 is 12.5. The number of sulfonamides is 1. The summed E-state index contributed by atoms with van der Waals surface area (Å²) in [5.41, 5.74) is 3.31.